The standard InChI is InChI=1S/C14H19N3/c1-10-6-7-11-4-2-3-5-12(11)13(10)17-14-15-8-9-16-14/h6-7H,2-5,8-9H2,1H3,(H2,15,16,17). The summed E-state index contributed by atoms with van der Waals surface area (Å²) in [6, 6.07) is 4.49. The molecule has 90 valence electrons. The number of guanidine groups is 1. The lowest BCUT2D eigenvalue weighted by Crippen LogP contribution is -2.23. The predicted octanol–water partition coefficient (Wildman–Crippen LogP) is 2.05. The van der Waals surface area contributed by atoms with Gasteiger partial charge in [0, 0.05) is 13.1 Å². The minimum Gasteiger partial charge on any atom is -0.354 e. The van der Waals surface area contributed by atoms with Gasteiger partial charge in [-0.2, -0.15) is 0 Å². The number of nitrogens with one attached hydrogen (secondary N) is 2. The molecule has 1 aromatic rings. The van der Waals surface area contributed by atoms with Gasteiger partial charge < -0.3 is 10.6 Å². The van der Waals surface area contributed by atoms with E-state index in [9.17, 15) is 0 Å². The van der Waals surface area contributed by atoms with E-state index in [-0.39, 0.29) is 0 Å². The molecular formula is C14H19N3. The van der Waals surface area contributed by atoms with Crippen molar-refractivity contribution in [1.29, 1.82) is 0 Å². The minimum atomic E-state index is 0.937. The average Bonchev–Trinajstić information content (AvgIpc) is 2.86. The Hall–Kier alpha value is -1.51. The van der Waals surface area contributed by atoms with Crippen LogP contribution in [0.4, 0.5) is 5.69 Å². The zero-order valence-corrected chi connectivity index (χ0v) is 10.3. The molecule has 0 amide bonds. The lowest BCUT2D eigenvalue weighted by molar-refractivity contribution is 0.685. The Kier molecular flexibility index (Phi) is 2.75. The van der Waals surface area contributed by atoms with E-state index in [4.69, 9.17) is 4.99 Å². The summed E-state index contributed by atoms with van der Waals surface area (Å²) >= 11 is 0. The van der Waals surface area contributed by atoms with Crippen molar-refractivity contribution in [1.82, 2.24) is 10.6 Å². The molecule has 2 aliphatic rings. The van der Waals surface area contributed by atoms with E-state index >= 15 is 0 Å². The highest BCUT2D eigenvalue weighted by molar-refractivity contribution is 5.85. The van der Waals surface area contributed by atoms with Crippen LogP contribution >= 0.6 is 0 Å². The molecule has 0 atom stereocenters. The molecule has 1 aliphatic carbocycles. The number of nitrogens with zero attached hydrogens (tertiary/aromatic N) is 1. The van der Waals surface area contributed by atoms with Crippen molar-refractivity contribution in [2.75, 3.05) is 13.1 Å². The molecular weight excluding hydrogens is 210 g/mol. The number of rotatable bonds is 1. The third-order valence-corrected chi connectivity index (χ3v) is 3.64. The summed E-state index contributed by atoms with van der Waals surface area (Å²) in [5.41, 5.74) is 5.45. The van der Waals surface area contributed by atoms with Crippen LogP contribution in [0.5, 0.6) is 0 Å². The summed E-state index contributed by atoms with van der Waals surface area (Å²) in [5.74, 6) is 0.937. The molecule has 0 saturated carbocycles. The summed E-state index contributed by atoms with van der Waals surface area (Å²) in [4.78, 5) is 4.77. The van der Waals surface area contributed by atoms with Crippen LogP contribution < -0.4 is 10.6 Å². The van der Waals surface area contributed by atoms with E-state index < -0.39 is 0 Å². The second-order valence-corrected chi connectivity index (χ2v) is 4.89. The van der Waals surface area contributed by atoms with Crippen molar-refractivity contribution in [3.8, 4) is 0 Å². The van der Waals surface area contributed by atoms with Crippen molar-refractivity contribution < 1.29 is 0 Å². The highest BCUT2D eigenvalue weighted by atomic mass is 15.2. The van der Waals surface area contributed by atoms with Crippen LogP contribution in [0.2, 0.25) is 0 Å². The summed E-state index contributed by atoms with van der Waals surface area (Å²) < 4.78 is 0. The normalized spacial score (nSPS) is 18.3. The lowest BCUT2D eigenvalue weighted by Gasteiger charge is -2.19. The SMILES string of the molecule is Cc1ccc2c(c1N=C1NCCN1)CCCC2. The van der Waals surface area contributed by atoms with Gasteiger partial charge in [0.1, 0.15) is 0 Å². The van der Waals surface area contributed by atoms with E-state index in [1.807, 2.05) is 0 Å². The van der Waals surface area contributed by atoms with E-state index in [0.717, 1.165) is 19.0 Å². The van der Waals surface area contributed by atoms with Crippen LogP contribution in [0.15, 0.2) is 17.1 Å². The molecule has 0 bridgehead atoms. The van der Waals surface area contributed by atoms with Crippen LogP contribution in [0.3, 0.4) is 0 Å². The van der Waals surface area contributed by atoms with E-state index in [1.165, 1.54) is 48.1 Å². The van der Waals surface area contributed by atoms with Crippen LogP contribution in [0.25, 0.3) is 0 Å². The van der Waals surface area contributed by atoms with E-state index in [0.29, 0.717) is 0 Å². The molecule has 0 spiro atoms. The van der Waals surface area contributed by atoms with Gasteiger partial charge in [0.15, 0.2) is 5.96 Å². The number of benzene rings is 1. The fraction of sp³-hybridized carbons (Fsp3) is 0.500. The Morgan fingerprint density at radius 1 is 1.06 bits per heavy atom. The molecule has 2 N–H and O–H groups in total. The fourth-order valence-electron chi connectivity index (χ4n) is 2.70. The topological polar surface area (TPSA) is 36.4 Å². The monoisotopic (exact) mass is 229 g/mol. The van der Waals surface area contributed by atoms with E-state index in [1.54, 1.807) is 0 Å². The van der Waals surface area contributed by atoms with Crippen molar-refractivity contribution in [2.24, 2.45) is 4.99 Å². The van der Waals surface area contributed by atoms with Gasteiger partial charge in [-0.25, -0.2) is 4.99 Å². The van der Waals surface area contributed by atoms with Crippen LogP contribution in [-0.2, 0) is 12.8 Å². The lowest BCUT2D eigenvalue weighted by atomic mass is 9.89. The Bertz CT molecular complexity index is 455. The third-order valence-electron chi connectivity index (χ3n) is 3.64. The quantitative estimate of drug-likeness (QED) is 0.773. The van der Waals surface area contributed by atoms with Gasteiger partial charge >= 0.3 is 0 Å². The average molecular weight is 229 g/mol. The van der Waals surface area contributed by atoms with Crippen molar-refractivity contribution >= 4 is 11.6 Å². The maximum Gasteiger partial charge on any atom is 0.196 e. The summed E-state index contributed by atoms with van der Waals surface area (Å²) in [5, 5.41) is 6.56. The number of hydrogen-bond acceptors (Lipinski definition) is 1. The number of fused-ring (bicyclic) bond motifs is 1. The number of hydrogen-bond donors (Lipinski definition) is 2. The second-order valence-electron chi connectivity index (χ2n) is 4.89. The molecule has 17 heavy (non-hydrogen) atoms. The van der Waals surface area contributed by atoms with Gasteiger partial charge in [-0.15, -0.1) is 0 Å². The van der Waals surface area contributed by atoms with Gasteiger partial charge in [-0.1, -0.05) is 12.1 Å². The molecule has 1 aliphatic heterocycles. The molecule has 1 aromatic carbocycles. The third kappa shape index (κ3) is 2.02. The Balaban J connectivity index is 2.04. The first-order chi connectivity index (χ1) is 8.34. The number of aliphatic imine (C=N–C) groups is 1. The number of aryl methyl sites for hydroxylation is 2. The molecule has 3 heteroatoms. The Morgan fingerprint density at radius 2 is 1.82 bits per heavy atom. The molecule has 3 nitrogen and oxygen atoms in total. The predicted molar refractivity (Wildman–Crippen MR) is 70.9 cm³/mol. The molecule has 1 fully saturated rings. The van der Waals surface area contributed by atoms with Crippen LogP contribution in [-0.4, -0.2) is 19.0 Å². The largest absolute Gasteiger partial charge is 0.354 e. The summed E-state index contributed by atoms with van der Waals surface area (Å²) in [6.07, 6.45) is 5.02. The molecule has 0 radical (unpaired) electrons. The molecule has 1 heterocycles. The Labute approximate surface area is 102 Å². The Morgan fingerprint density at radius 3 is 2.65 bits per heavy atom. The minimum absolute atomic E-state index is 0.937. The molecule has 0 unspecified atom stereocenters. The zero-order chi connectivity index (χ0) is 11.7. The van der Waals surface area contributed by atoms with Gasteiger partial charge in [0.05, 0.1) is 5.69 Å². The van der Waals surface area contributed by atoms with Crippen molar-refractivity contribution in [3.05, 3.63) is 28.8 Å². The maximum absolute atomic E-state index is 4.77. The smallest absolute Gasteiger partial charge is 0.196 e. The first-order valence-corrected chi connectivity index (χ1v) is 6.52. The van der Waals surface area contributed by atoms with Gasteiger partial charge in [-0.05, 0) is 49.3 Å². The van der Waals surface area contributed by atoms with Crippen molar-refractivity contribution in [3.63, 3.8) is 0 Å². The highest BCUT2D eigenvalue weighted by Gasteiger charge is 2.16. The molecule has 1 saturated heterocycles. The van der Waals surface area contributed by atoms with Crippen molar-refractivity contribution in [2.45, 2.75) is 32.6 Å². The molecule has 0 aromatic heterocycles. The first-order valence-electron chi connectivity index (χ1n) is 6.52. The molecule has 3 rings (SSSR count). The van der Waals surface area contributed by atoms with E-state index in [2.05, 4.69) is 29.7 Å². The summed E-state index contributed by atoms with van der Waals surface area (Å²) in [6.45, 7) is 4.11. The second kappa shape index (κ2) is 4.40. The summed E-state index contributed by atoms with van der Waals surface area (Å²) in [7, 11) is 0. The van der Waals surface area contributed by atoms with Gasteiger partial charge in [0.25, 0.3) is 0 Å². The van der Waals surface area contributed by atoms with Crippen LogP contribution in [0.1, 0.15) is 29.5 Å². The van der Waals surface area contributed by atoms with Gasteiger partial charge in [0.2, 0.25) is 0 Å². The van der Waals surface area contributed by atoms with Crippen LogP contribution in [0, 0.1) is 6.92 Å². The first kappa shape index (κ1) is 10.6. The maximum atomic E-state index is 4.77. The zero-order valence-electron chi connectivity index (χ0n) is 10.3. The fourth-order valence-corrected chi connectivity index (χ4v) is 2.70. The highest BCUT2D eigenvalue weighted by Crippen LogP contribution is 2.32. The van der Waals surface area contributed by atoms with Gasteiger partial charge in [-0.3, -0.25) is 0 Å².